The molecule has 1 amide bonds. The van der Waals surface area contributed by atoms with Crippen molar-refractivity contribution >= 4 is 18.0 Å². The fraction of sp³-hybridized carbons (Fsp3) is 0.200. The van der Waals surface area contributed by atoms with Gasteiger partial charge in [0.1, 0.15) is 17.3 Å². The number of carbonyl (C=O) groups is 2. The Morgan fingerprint density at radius 3 is 2.74 bits per heavy atom. The van der Waals surface area contributed by atoms with E-state index in [1.807, 2.05) is 0 Å². The zero-order valence-corrected chi connectivity index (χ0v) is 14.3. The number of amides is 1. The van der Waals surface area contributed by atoms with Crippen LogP contribution in [0.25, 0.3) is 6.08 Å². The second-order valence-corrected chi connectivity index (χ2v) is 6.12. The molecule has 0 radical (unpaired) electrons. The van der Waals surface area contributed by atoms with Gasteiger partial charge in [-0.15, -0.1) is 0 Å². The number of rotatable bonds is 2. The quantitative estimate of drug-likeness (QED) is 0.760. The molecule has 2 aliphatic heterocycles. The van der Waals surface area contributed by atoms with Gasteiger partial charge in [0, 0.05) is 19.2 Å². The fourth-order valence-electron chi connectivity index (χ4n) is 2.89. The molecule has 1 saturated heterocycles. The van der Waals surface area contributed by atoms with Crippen molar-refractivity contribution in [3.05, 3.63) is 65.2 Å². The monoisotopic (exact) mass is 369 g/mol. The van der Waals surface area contributed by atoms with Crippen LogP contribution in [0.4, 0.5) is 9.18 Å². The first kappa shape index (κ1) is 17.2. The highest BCUT2D eigenvalue weighted by Gasteiger charge is 2.28. The summed E-state index contributed by atoms with van der Waals surface area (Å²) in [6, 6.07) is 10.4. The van der Waals surface area contributed by atoms with Gasteiger partial charge in [-0.3, -0.25) is 4.79 Å². The minimum absolute atomic E-state index is 0.0901. The average Bonchev–Trinajstić information content (AvgIpc) is 2.97. The Hall–Kier alpha value is -3.19. The van der Waals surface area contributed by atoms with Crippen LogP contribution in [0.15, 0.2) is 48.2 Å². The molecule has 4 rings (SSSR count). The minimum Gasteiger partial charge on any atom is -0.452 e. The Morgan fingerprint density at radius 2 is 1.96 bits per heavy atom. The van der Waals surface area contributed by atoms with E-state index >= 15 is 0 Å². The molecule has 2 heterocycles. The highest BCUT2D eigenvalue weighted by molar-refractivity contribution is 6.14. The van der Waals surface area contributed by atoms with Gasteiger partial charge in [0.2, 0.25) is 5.78 Å². The Bertz CT molecular complexity index is 934. The first-order valence-electron chi connectivity index (χ1n) is 8.48. The summed E-state index contributed by atoms with van der Waals surface area (Å²) in [6.45, 7) is 1.90. The molecule has 7 heteroatoms. The van der Waals surface area contributed by atoms with Crippen molar-refractivity contribution in [1.29, 1.82) is 0 Å². The molecule has 2 aromatic rings. The summed E-state index contributed by atoms with van der Waals surface area (Å²) in [4.78, 5) is 26.2. The smallest absolute Gasteiger partial charge is 0.415 e. The third-order valence-corrected chi connectivity index (χ3v) is 4.26. The number of nitrogens with zero attached hydrogens (tertiary/aromatic N) is 1. The number of carbonyl (C=O) groups excluding carboxylic acids is 2. The molecular formula is C20H16FNO5. The fourth-order valence-corrected chi connectivity index (χ4v) is 2.89. The molecular weight excluding hydrogens is 353 g/mol. The molecule has 0 bridgehead atoms. The highest BCUT2D eigenvalue weighted by atomic mass is 19.1. The van der Waals surface area contributed by atoms with Crippen LogP contribution in [0.2, 0.25) is 0 Å². The standard InChI is InChI=1S/C20H16FNO5/c21-14-3-1-2-13(10-14)11-18-19(23)16-5-4-15(12-17(16)27-18)26-20(24)22-6-8-25-9-7-22/h1-5,10-12H,6-9H2/b18-11-. The maximum atomic E-state index is 13.3. The van der Waals surface area contributed by atoms with Gasteiger partial charge in [0.15, 0.2) is 5.76 Å². The van der Waals surface area contributed by atoms with Crippen molar-refractivity contribution in [2.45, 2.75) is 0 Å². The van der Waals surface area contributed by atoms with Gasteiger partial charge in [-0.1, -0.05) is 12.1 Å². The van der Waals surface area contributed by atoms with E-state index in [1.54, 1.807) is 29.2 Å². The molecule has 1 fully saturated rings. The van der Waals surface area contributed by atoms with Gasteiger partial charge in [-0.2, -0.15) is 0 Å². The van der Waals surface area contributed by atoms with E-state index in [9.17, 15) is 14.0 Å². The maximum Gasteiger partial charge on any atom is 0.415 e. The summed E-state index contributed by atoms with van der Waals surface area (Å²) in [6.07, 6.45) is 1.00. The van der Waals surface area contributed by atoms with E-state index in [0.29, 0.717) is 43.2 Å². The number of Topliss-reactive ketones (excluding diaryl/α,β-unsaturated/α-hetero) is 1. The molecule has 0 spiro atoms. The Kier molecular flexibility index (Phi) is 4.60. The number of hydrogen-bond acceptors (Lipinski definition) is 5. The molecule has 0 aromatic heterocycles. The second kappa shape index (κ2) is 7.20. The van der Waals surface area contributed by atoms with Crippen LogP contribution >= 0.6 is 0 Å². The number of morpholine rings is 1. The summed E-state index contributed by atoms with van der Waals surface area (Å²) in [7, 11) is 0. The highest BCUT2D eigenvalue weighted by Crippen LogP contribution is 2.35. The molecule has 0 saturated carbocycles. The van der Waals surface area contributed by atoms with Crippen LogP contribution < -0.4 is 9.47 Å². The lowest BCUT2D eigenvalue weighted by molar-refractivity contribution is 0.0416. The summed E-state index contributed by atoms with van der Waals surface area (Å²) in [5.41, 5.74) is 0.883. The summed E-state index contributed by atoms with van der Waals surface area (Å²) < 4.78 is 29.5. The van der Waals surface area contributed by atoms with E-state index in [1.165, 1.54) is 24.3 Å². The van der Waals surface area contributed by atoms with Gasteiger partial charge in [0.25, 0.3) is 0 Å². The van der Waals surface area contributed by atoms with Crippen molar-refractivity contribution in [3.63, 3.8) is 0 Å². The Balaban J connectivity index is 1.51. The molecule has 0 atom stereocenters. The summed E-state index contributed by atoms with van der Waals surface area (Å²) in [5.74, 6) is -0.0304. The zero-order valence-electron chi connectivity index (χ0n) is 14.3. The van der Waals surface area contributed by atoms with Gasteiger partial charge in [-0.25, -0.2) is 9.18 Å². The predicted octanol–water partition coefficient (Wildman–Crippen LogP) is 3.27. The van der Waals surface area contributed by atoms with Crippen molar-refractivity contribution in [2.75, 3.05) is 26.3 Å². The number of ketones is 1. The number of fused-ring (bicyclic) bond motifs is 1. The first-order valence-corrected chi connectivity index (χ1v) is 8.48. The lowest BCUT2D eigenvalue weighted by Crippen LogP contribution is -2.42. The van der Waals surface area contributed by atoms with Gasteiger partial charge in [0.05, 0.1) is 18.8 Å². The molecule has 0 N–H and O–H groups in total. The summed E-state index contributed by atoms with van der Waals surface area (Å²) in [5, 5.41) is 0. The Labute approximate surface area is 154 Å². The van der Waals surface area contributed by atoms with Crippen LogP contribution in [0.1, 0.15) is 15.9 Å². The SMILES string of the molecule is O=C1/C(=C/c2cccc(F)c2)Oc2cc(OC(=O)N3CCOCC3)ccc21. The van der Waals surface area contributed by atoms with Gasteiger partial charge < -0.3 is 19.1 Å². The minimum atomic E-state index is -0.474. The lowest BCUT2D eigenvalue weighted by atomic mass is 10.1. The lowest BCUT2D eigenvalue weighted by Gasteiger charge is -2.25. The maximum absolute atomic E-state index is 13.3. The van der Waals surface area contributed by atoms with Crippen molar-refractivity contribution < 1.29 is 28.2 Å². The van der Waals surface area contributed by atoms with Gasteiger partial charge in [-0.05, 0) is 35.9 Å². The van der Waals surface area contributed by atoms with Crippen LogP contribution in [-0.4, -0.2) is 43.1 Å². The van der Waals surface area contributed by atoms with Crippen LogP contribution in [0.5, 0.6) is 11.5 Å². The van der Waals surface area contributed by atoms with Crippen molar-refractivity contribution in [3.8, 4) is 11.5 Å². The number of allylic oxidation sites excluding steroid dienone is 1. The molecule has 138 valence electrons. The number of benzene rings is 2. The normalized spacial score (nSPS) is 17.6. The predicted molar refractivity (Wildman–Crippen MR) is 94.2 cm³/mol. The third-order valence-electron chi connectivity index (χ3n) is 4.26. The largest absolute Gasteiger partial charge is 0.452 e. The number of ether oxygens (including phenoxy) is 3. The topological polar surface area (TPSA) is 65.1 Å². The van der Waals surface area contributed by atoms with Crippen LogP contribution in [-0.2, 0) is 4.74 Å². The Morgan fingerprint density at radius 1 is 1.15 bits per heavy atom. The third kappa shape index (κ3) is 3.68. The summed E-state index contributed by atoms with van der Waals surface area (Å²) >= 11 is 0. The molecule has 2 aromatic carbocycles. The number of halogens is 1. The second-order valence-electron chi connectivity index (χ2n) is 6.12. The molecule has 2 aliphatic rings. The van der Waals surface area contributed by atoms with E-state index in [4.69, 9.17) is 14.2 Å². The van der Waals surface area contributed by atoms with Crippen LogP contribution in [0, 0.1) is 5.82 Å². The number of hydrogen-bond donors (Lipinski definition) is 0. The molecule has 0 unspecified atom stereocenters. The van der Waals surface area contributed by atoms with Crippen molar-refractivity contribution in [1.82, 2.24) is 4.90 Å². The van der Waals surface area contributed by atoms with Crippen LogP contribution in [0.3, 0.4) is 0 Å². The molecule has 27 heavy (non-hydrogen) atoms. The zero-order chi connectivity index (χ0) is 18.8. The van der Waals surface area contributed by atoms with E-state index in [2.05, 4.69) is 0 Å². The van der Waals surface area contributed by atoms with E-state index < -0.39 is 11.9 Å². The van der Waals surface area contributed by atoms with Crippen molar-refractivity contribution in [2.24, 2.45) is 0 Å². The van der Waals surface area contributed by atoms with Gasteiger partial charge >= 0.3 is 6.09 Å². The molecule has 0 aliphatic carbocycles. The average molecular weight is 369 g/mol. The van der Waals surface area contributed by atoms with E-state index in [-0.39, 0.29) is 17.3 Å². The van der Waals surface area contributed by atoms with E-state index in [0.717, 1.165) is 0 Å². The molecule has 6 nitrogen and oxygen atoms in total. The first-order chi connectivity index (χ1) is 13.1.